The summed E-state index contributed by atoms with van der Waals surface area (Å²) in [6, 6.07) is 0. The SMILES string of the molecule is CCCCCCCCCC(P)P. The number of hydrogen-bond acceptors (Lipinski definition) is 0. The molecule has 0 N–H and O–H groups in total. The summed E-state index contributed by atoms with van der Waals surface area (Å²) in [7, 11) is 5.67. The third-order valence-corrected chi connectivity index (χ3v) is 2.81. The fourth-order valence-electron chi connectivity index (χ4n) is 1.34. The van der Waals surface area contributed by atoms with Crippen LogP contribution in [0.2, 0.25) is 0 Å². The second kappa shape index (κ2) is 9.94. The molecule has 0 aromatic rings. The molecule has 12 heavy (non-hydrogen) atoms. The van der Waals surface area contributed by atoms with Gasteiger partial charge in [0.1, 0.15) is 0 Å². The van der Waals surface area contributed by atoms with Crippen molar-refractivity contribution in [3.05, 3.63) is 0 Å². The highest BCUT2D eigenvalue weighted by molar-refractivity contribution is 7.37. The van der Waals surface area contributed by atoms with E-state index in [9.17, 15) is 0 Å². The Labute approximate surface area is 82.7 Å². The minimum absolute atomic E-state index is 0.737. The second-order valence-electron chi connectivity index (χ2n) is 3.57. The van der Waals surface area contributed by atoms with E-state index in [0.29, 0.717) is 0 Å². The molecular formula is C10H24P2. The van der Waals surface area contributed by atoms with Crippen molar-refractivity contribution in [1.29, 1.82) is 0 Å². The summed E-state index contributed by atoms with van der Waals surface area (Å²) < 4.78 is 0. The van der Waals surface area contributed by atoms with E-state index in [1.54, 1.807) is 0 Å². The van der Waals surface area contributed by atoms with Crippen LogP contribution < -0.4 is 0 Å². The van der Waals surface area contributed by atoms with Crippen molar-refractivity contribution < 1.29 is 0 Å². The zero-order valence-corrected chi connectivity index (χ0v) is 10.7. The number of hydrogen-bond donors (Lipinski definition) is 0. The first-order valence-corrected chi connectivity index (χ1v) is 6.62. The van der Waals surface area contributed by atoms with E-state index < -0.39 is 0 Å². The van der Waals surface area contributed by atoms with Gasteiger partial charge < -0.3 is 0 Å². The van der Waals surface area contributed by atoms with Crippen LogP contribution in [0.3, 0.4) is 0 Å². The predicted molar refractivity (Wildman–Crippen MR) is 65.8 cm³/mol. The molecule has 0 aromatic carbocycles. The Kier molecular flexibility index (Phi) is 10.7. The lowest BCUT2D eigenvalue weighted by atomic mass is 10.1. The largest absolute Gasteiger partial charge is 0.130 e. The molecule has 0 bridgehead atoms. The Morgan fingerprint density at radius 1 is 0.833 bits per heavy atom. The molecule has 0 radical (unpaired) electrons. The number of unbranched alkanes of at least 4 members (excludes halogenated alkanes) is 6. The van der Waals surface area contributed by atoms with E-state index in [4.69, 9.17) is 0 Å². The molecule has 0 nitrogen and oxygen atoms in total. The summed E-state index contributed by atoms with van der Waals surface area (Å²) in [6.45, 7) is 2.27. The van der Waals surface area contributed by atoms with Crippen molar-refractivity contribution in [3.63, 3.8) is 0 Å². The van der Waals surface area contributed by atoms with Gasteiger partial charge in [0.15, 0.2) is 0 Å². The molecule has 0 amide bonds. The van der Waals surface area contributed by atoms with Crippen molar-refractivity contribution in [2.45, 2.75) is 63.7 Å². The summed E-state index contributed by atoms with van der Waals surface area (Å²) in [5.74, 6) is 0. The van der Waals surface area contributed by atoms with Crippen molar-refractivity contribution in [3.8, 4) is 0 Å². The fraction of sp³-hybridized carbons (Fsp3) is 1.00. The lowest BCUT2D eigenvalue weighted by Gasteiger charge is -2.03. The predicted octanol–water partition coefficient (Wildman–Crippen LogP) is 4.20. The Hall–Kier alpha value is 0.860. The molecule has 2 heteroatoms. The van der Waals surface area contributed by atoms with E-state index in [2.05, 4.69) is 25.4 Å². The van der Waals surface area contributed by atoms with Crippen LogP contribution in [0.25, 0.3) is 0 Å². The Bertz CT molecular complexity index is 81.9. The normalized spacial score (nSPS) is 11.0. The smallest absolute Gasteiger partial charge is 0.0118 e. The van der Waals surface area contributed by atoms with Gasteiger partial charge in [0.2, 0.25) is 0 Å². The minimum Gasteiger partial charge on any atom is -0.130 e. The average Bonchev–Trinajstić information content (AvgIpc) is 2.02. The molecule has 74 valence electrons. The Morgan fingerprint density at radius 3 is 1.83 bits per heavy atom. The Morgan fingerprint density at radius 2 is 1.33 bits per heavy atom. The molecule has 0 aromatic heterocycles. The zero-order chi connectivity index (χ0) is 9.23. The van der Waals surface area contributed by atoms with Crippen molar-refractivity contribution in [1.82, 2.24) is 0 Å². The van der Waals surface area contributed by atoms with Gasteiger partial charge in [0.25, 0.3) is 0 Å². The molecule has 0 aliphatic rings. The quantitative estimate of drug-likeness (QED) is 0.412. The van der Waals surface area contributed by atoms with Gasteiger partial charge in [-0.15, -0.1) is 18.5 Å². The molecule has 0 heterocycles. The molecule has 0 rings (SSSR count). The van der Waals surface area contributed by atoms with Crippen LogP contribution in [-0.2, 0) is 0 Å². The van der Waals surface area contributed by atoms with Crippen LogP contribution in [0, 0.1) is 0 Å². The minimum atomic E-state index is 0.737. The van der Waals surface area contributed by atoms with Gasteiger partial charge in [-0.1, -0.05) is 51.9 Å². The molecule has 0 saturated carbocycles. The molecule has 0 aliphatic carbocycles. The highest BCUT2D eigenvalue weighted by atomic mass is 31.1. The monoisotopic (exact) mass is 206 g/mol. The highest BCUT2D eigenvalue weighted by Crippen LogP contribution is 2.17. The first-order valence-electron chi connectivity index (χ1n) is 5.28. The maximum absolute atomic E-state index is 2.84. The van der Waals surface area contributed by atoms with Crippen molar-refractivity contribution in [2.24, 2.45) is 0 Å². The second-order valence-corrected chi connectivity index (χ2v) is 6.06. The van der Waals surface area contributed by atoms with Gasteiger partial charge in [-0.2, -0.15) is 0 Å². The molecule has 0 aliphatic heterocycles. The van der Waals surface area contributed by atoms with Crippen LogP contribution in [0.15, 0.2) is 0 Å². The zero-order valence-electron chi connectivity index (χ0n) is 8.39. The lowest BCUT2D eigenvalue weighted by molar-refractivity contribution is 0.584. The molecule has 0 fully saturated rings. The van der Waals surface area contributed by atoms with Gasteiger partial charge >= 0.3 is 0 Å². The summed E-state index contributed by atoms with van der Waals surface area (Å²) in [5.41, 5.74) is 0. The van der Waals surface area contributed by atoms with Crippen LogP contribution in [0.1, 0.15) is 58.3 Å². The van der Waals surface area contributed by atoms with Gasteiger partial charge in [0, 0.05) is 0 Å². The maximum atomic E-state index is 2.84. The maximum Gasteiger partial charge on any atom is -0.0118 e. The number of rotatable bonds is 8. The van der Waals surface area contributed by atoms with Crippen LogP contribution in [0.5, 0.6) is 0 Å². The van der Waals surface area contributed by atoms with Crippen LogP contribution >= 0.6 is 18.5 Å². The summed E-state index contributed by atoms with van der Waals surface area (Å²) in [6.07, 6.45) is 11.3. The average molecular weight is 206 g/mol. The molecule has 0 spiro atoms. The molecule has 0 saturated heterocycles. The van der Waals surface area contributed by atoms with Gasteiger partial charge in [-0.25, -0.2) is 0 Å². The molecule has 2 atom stereocenters. The van der Waals surface area contributed by atoms with E-state index in [-0.39, 0.29) is 0 Å². The van der Waals surface area contributed by atoms with E-state index in [1.807, 2.05) is 0 Å². The highest BCUT2D eigenvalue weighted by Gasteiger charge is 1.94. The van der Waals surface area contributed by atoms with E-state index >= 15 is 0 Å². The summed E-state index contributed by atoms with van der Waals surface area (Å²) in [5, 5.41) is 0.737. The first kappa shape index (κ1) is 12.9. The summed E-state index contributed by atoms with van der Waals surface area (Å²) in [4.78, 5) is 0. The van der Waals surface area contributed by atoms with Crippen molar-refractivity contribution >= 4 is 18.5 Å². The first-order chi connectivity index (χ1) is 5.77. The third kappa shape index (κ3) is 10.9. The standard InChI is InChI=1S/C10H24P2/c1-2-3-4-5-6-7-8-9-10(11)12/h10H,2-9,11-12H2,1H3. The van der Waals surface area contributed by atoms with Crippen LogP contribution in [0.4, 0.5) is 0 Å². The van der Waals surface area contributed by atoms with Gasteiger partial charge in [-0.05, 0) is 11.8 Å². The van der Waals surface area contributed by atoms with Gasteiger partial charge in [-0.3, -0.25) is 0 Å². The third-order valence-electron chi connectivity index (χ3n) is 2.14. The van der Waals surface area contributed by atoms with Crippen LogP contribution in [-0.4, -0.2) is 5.40 Å². The van der Waals surface area contributed by atoms with E-state index in [1.165, 1.54) is 51.4 Å². The Balaban J connectivity index is 2.82. The van der Waals surface area contributed by atoms with Crippen molar-refractivity contribution in [2.75, 3.05) is 0 Å². The molecule has 2 unspecified atom stereocenters. The molecular weight excluding hydrogens is 182 g/mol. The summed E-state index contributed by atoms with van der Waals surface area (Å²) >= 11 is 0. The van der Waals surface area contributed by atoms with Gasteiger partial charge in [0.05, 0.1) is 0 Å². The topological polar surface area (TPSA) is 0 Å². The van der Waals surface area contributed by atoms with E-state index in [0.717, 1.165) is 5.40 Å². The fourth-order valence-corrected chi connectivity index (χ4v) is 1.81. The lowest BCUT2D eigenvalue weighted by Crippen LogP contribution is -1.85.